The topological polar surface area (TPSA) is 116 Å². The Hall–Kier alpha value is -4.08. The first kappa shape index (κ1) is 27.0. The summed E-state index contributed by atoms with van der Waals surface area (Å²) in [5.41, 5.74) is 2.51. The zero-order valence-electron chi connectivity index (χ0n) is 21.3. The van der Waals surface area contributed by atoms with Gasteiger partial charge in [0.2, 0.25) is 5.90 Å². The van der Waals surface area contributed by atoms with Crippen molar-refractivity contribution in [3.05, 3.63) is 100 Å². The average Bonchev–Trinajstić information content (AvgIpc) is 3.45. The molecule has 0 spiro atoms. The molecule has 3 aromatic rings. The third kappa shape index (κ3) is 7.24. The third-order valence-corrected chi connectivity index (χ3v) is 7.11. The van der Waals surface area contributed by atoms with E-state index in [4.69, 9.17) is 21.0 Å². The summed E-state index contributed by atoms with van der Waals surface area (Å²) in [5.74, 6) is -0.179. The van der Waals surface area contributed by atoms with Gasteiger partial charge in [-0.25, -0.2) is 0 Å². The number of rotatable bonds is 8. The molecule has 38 heavy (non-hydrogen) atoms. The van der Waals surface area contributed by atoms with Crippen LogP contribution in [0.2, 0.25) is 0 Å². The van der Waals surface area contributed by atoms with Crippen molar-refractivity contribution in [3.8, 4) is 0 Å². The molecule has 1 aliphatic heterocycles. The summed E-state index contributed by atoms with van der Waals surface area (Å²) in [6.07, 6.45) is 4.82. The van der Waals surface area contributed by atoms with E-state index in [-0.39, 0.29) is 29.6 Å². The number of nitrogens with one attached hydrogen (secondary N) is 4. The van der Waals surface area contributed by atoms with Crippen LogP contribution in [0, 0.1) is 16.2 Å². The Kier molecular flexibility index (Phi) is 9.18. The lowest BCUT2D eigenvalue weighted by atomic mass is 10.0. The van der Waals surface area contributed by atoms with E-state index in [2.05, 4.69) is 34.5 Å². The molecule has 1 aliphatic rings. The largest absolute Gasteiger partial charge is 0.426 e. The lowest BCUT2D eigenvalue weighted by molar-refractivity contribution is 0.0734. The molecule has 0 unspecified atom stereocenters. The van der Waals surface area contributed by atoms with Gasteiger partial charge in [-0.3, -0.25) is 30.8 Å². The van der Waals surface area contributed by atoms with Crippen LogP contribution in [0.25, 0.3) is 0 Å². The van der Waals surface area contributed by atoms with Gasteiger partial charge in [-0.2, -0.15) is 0 Å². The minimum absolute atomic E-state index is 0.0527. The van der Waals surface area contributed by atoms with Crippen LogP contribution in [0.3, 0.4) is 0 Å². The van der Waals surface area contributed by atoms with Crippen molar-refractivity contribution >= 4 is 40.6 Å². The van der Waals surface area contributed by atoms with Crippen molar-refractivity contribution in [2.75, 3.05) is 18.4 Å². The molecule has 196 valence electrons. The molecule has 1 fully saturated rings. The highest BCUT2D eigenvalue weighted by molar-refractivity contribution is 7.12. The van der Waals surface area contributed by atoms with Crippen molar-refractivity contribution in [2.24, 2.45) is 0 Å². The molecule has 1 aromatic heterocycles. The summed E-state index contributed by atoms with van der Waals surface area (Å²) in [6, 6.07) is 21.1. The number of ether oxygens (including phenoxy) is 1. The van der Waals surface area contributed by atoms with Crippen LogP contribution >= 0.6 is 11.3 Å². The van der Waals surface area contributed by atoms with Crippen molar-refractivity contribution < 1.29 is 9.53 Å². The number of piperidine rings is 1. The first-order chi connectivity index (χ1) is 18.4. The SMILES string of the molecule is CC(=N)OC(=N)c1cccc(N/C=C\C(=N)N(C(=O)c2cccs2)C2CCN(Cc3ccccc3)CC2)c1. The van der Waals surface area contributed by atoms with Crippen LogP contribution in [-0.2, 0) is 11.3 Å². The Morgan fingerprint density at radius 3 is 2.53 bits per heavy atom. The zero-order chi connectivity index (χ0) is 26.9. The Bertz CT molecular complexity index is 1300. The number of hydrogen-bond acceptors (Lipinski definition) is 8. The molecule has 4 N–H and O–H groups in total. The van der Waals surface area contributed by atoms with Gasteiger partial charge < -0.3 is 10.1 Å². The van der Waals surface area contributed by atoms with E-state index < -0.39 is 0 Å². The number of anilines is 1. The van der Waals surface area contributed by atoms with Crippen molar-refractivity contribution in [1.82, 2.24) is 9.80 Å². The van der Waals surface area contributed by atoms with Crippen LogP contribution in [-0.4, -0.2) is 52.5 Å². The molecule has 0 radical (unpaired) electrons. The molecule has 0 bridgehead atoms. The summed E-state index contributed by atoms with van der Waals surface area (Å²) in [4.78, 5) is 18.1. The number of nitrogens with zero attached hydrogens (tertiary/aromatic N) is 2. The maximum atomic E-state index is 13.4. The predicted molar refractivity (Wildman–Crippen MR) is 153 cm³/mol. The fourth-order valence-corrected chi connectivity index (χ4v) is 5.09. The van der Waals surface area contributed by atoms with E-state index >= 15 is 0 Å². The summed E-state index contributed by atoms with van der Waals surface area (Å²) in [7, 11) is 0. The van der Waals surface area contributed by atoms with Gasteiger partial charge >= 0.3 is 0 Å². The van der Waals surface area contributed by atoms with E-state index in [1.54, 1.807) is 41.4 Å². The average molecular weight is 529 g/mol. The van der Waals surface area contributed by atoms with Gasteiger partial charge in [0, 0.05) is 50.1 Å². The van der Waals surface area contributed by atoms with E-state index in [0.29, 0.717) is 16.1 Å². The molecule has 2 aromatic carbocycles. The number of hydrogen-bond donors (Lipinski definition) is 4. The van der Waals surface area contributed by atoms with Gasteiger partial charge in [0.25, 0.3) is 5.91 Å². The molecule has 4 rings (SSSR count). The minimum atomic E-state index is -0.147. The van der Waals surface area contributed by atoms with Crippen LogP contribution in [0.5, 0.6) is 0 Å². The maximum absolute atomic E-state index is 13.4. The normalized spacial score (nSPS) is 14.2. The highest BCUT2D eigenvalue weighted by Gasteiger charge is 2.31. The number of likely N-dealkylation sites (tertiary alicyclic amines) is 1. The van der Waals surface area contributed by atoms with Crippen molar-refractivity contribution in [3.63, 3.8) is 0 Å². The van der Waals surface area contributed by atoms with Gasteiger partial charge in [0.1, 0.15) is 5.84 Å². The number of amides is 1. The van der Waals surface area contributed by atoms with Gasteiger partial charge in [-0.05, 0) is 54.1 Å². The number of carbonyl (C=O) groups excluding carboxylic acids is 1. The lowest BCUT2D eigenvalue weighted by Gasteiger charge is -2.38. The van der Waals surface area contributed by atoms with Crippen LogP contribution in [0.4, 0.5) is 5.69 Å². The van der Waals surface area contributed by atoms with Gasteiger partial charge in [0.05, 0.1) is 4.88 Å². The molecular formula is C29H32N6O2S. The number of benzene rings is 2. The minimum Gasteiger partial charge on any atom is -0.426 e. The summed E-state index contributed by atoms with van der Waals surface area (Å²) in [6.45, 7) is 4.08. The fraction of sp³-hybridized carbons (Fsp3) is 0.241. The van der Waals surface area contributed by atoms with E-state index in [1.807, 2.05) is 23.6 Å². The van der Waals surface area contributed by atoms with Crippen molar-refractivity contribution in [1.29, 1.82) is 16.2 Å². The molecular weight excluding hydrogens is 496 g/mol. The Morgan fingerprint density at radius 2 is 1.84 bits per heavy atom. The monoisotopic (exact) mass is 528 g/mol. The van der Waals surface area contributed by atoms with E-state index in [9.17, 15) is 4.79 Å². The summed E-state index contributed by atoms with van der Waals surface area (Å²) < 4.78 is 5.08. The van der Waals surface area contributed by atoms with Crippen LogP contribution in [0.1, 0.15) is 40.6 Å². The van der Waals surface area contributed by atoms with Gasteiger partial charge in [-0.1, -0.05) is 42.5 Å². The second-order valence-corrected chi connectivity index (χ2v) is 10.0. The van der Waals surface area contributed by atoms with Crippen molar-refractivity contribution in [2.45, 2.75) is 32.4 Å². The molecule has 1 amide bonds. The molecule has 8 nitrogen and oxygen atoms in total. The quantitative estimate of drug-likeness (QED) is 0.218. The highest BCUT2D eigenvalue weighted by atomic mass is 32.1. The Morgan fingerprint density at radius 1 is 1.08 bits per heavy atom. The van der Waals surface area contributed by atoms with Crippen LogP contribution < -0.4 is 5.32 Å². The summed E-state index contributed by atoms with van der Waals surface area (Å²) >= 11 is 1.39. The fourth-order valence-electron chi connectivity index (χ4n) is 4.43. The molecule has 0 saturated carbocycles. The number of amidine groups is 1. The van der Waals surface area contributed by atoms with E-state index in [1.165, 1.54) is 23.8 Å². The second-order valence-electron chi connectivity index (χ2n) is 9.08. The van der Waals surface area contributed by atoms with Crippen LogP contribution in [0.15, 0.2) is 84.4 Å². The first-order valence-corrected chi connectivity index (χ1v) is 13.4. The lowest BCUT2D eigenvalue weighted by Crippen LogP contribution is -2.49. The highest BCUT2D eigenvalue weighted by Crippen LogP contribution is 2.23. The molecule has 9 heteroatoms. The third-order valence-electron chi connectivity index (χ3n) is 6.25. The zero-order valence-corrected chi connectivity index (χ0v) is 22.1. The Labute approximate surface area is 227 Å². The molecule has 2 heterocycles. The standard InChI is InChI=1S/C29H32N6O2S/c1-21(30)37-28(32)23-9-5-10-24(19-23)33-15-12-27(31)35(29(36)26-11-6-18-38-26)25-13-16-34(17-14-25)20-22-7-3-2-4-8-22/h2-12,15,18-19,25,30-33H,13-14,16-17,20H2,1H3/b15-12-,30-21?,31-27?,32-28?. The van der Waals surface area contributed by atoms with E-state index in [0.717, 1.165) is 32.5 Å². The maximum Gasteiger partial charge on any atom is 0.269 e. The Balaban J connectivity index is 1.42. The molecule has 1 saturated heterocycles. The first-order valence-electron chi connectivity index (χ1n) is 12.5. The molecule has 0 aliphatic carbocycles. The predicted octanol–water partition coefficient (Wildman–Crippen LogP) is 5.80. The second kappa shape index (κ2) is 12.9. The van der Waals surface area contributed by atoms with Gasteiger partial charge in [0.15, 0.2) is 5.90 Å². The number of carbonyl (C=O) groups is 1. The van der Waals surface area contributed by atoms with Gasteiger partial charge in [-0.15, -0.1) is 11.3 Å². The smallest absolute Gasteiger partial charge is 0.269 e. The number of thiophene rings is 1. The summed E-state index contributed by atoms with van der Waals surface area (Å²) in [5, 5.41) is 29.2. The molecule has 0 atom stereocenters.